The summed E-state index contributed by atoms with van der Waals surface area (Å²) in [6, 6.07) is 13.2. The van der Waals surface area contributed by atoms with E-state index in [0.717, 1.165) is 17.1 Å². The first-order valence-corrected chi connectivity index (χ1v) is 11.7. The molecule has 0 radical (unpaired) electrons. The lowest BCUT2D eigenvalue weighted by Crippen LogP contribution is -1.98. The van der Waals surface area contributed by atoms with Crippen molar-refractivity contribution in [1.29, 1.82) is 0 Å². The van der Waals surface area contributed by atoms with Gasteiger partial charge in [-0.25, -0.2) is 0 Å². The summed E-state index contributed by atoms with van der Waals surface area (Å²) in [7, 11) is 0. The van der Waals surface area contributed by atoms with Crippen LogP contribution in [0.4, 0.5) is 0 Å². The molecule has 0 bridgehead atoms. The molecule has 4 aromatic rings. The van der Waals surface area contributed by atoms with Crippen LogP contribution >= 0.6 is 31.9 Å². The van der Waals surface area contributed by atoms with Crippen molar-refractivity contribution in [3.63, 3.8) is 0 Å². The van der Waals surface area contributed by atoms with E-state index in [2.05, 4.69) is 78.2 Å². The standard InChI is InChI=1S/C22H24Br2N2/c23-13-5-3-7-15-11-12-18-20(16(15)8-4-6-14-24)26-21-17-9-1-2-10-19(17)25-22(18)21/h1-2,9-12,25-26H,3-8,13-14H2. The van der Waals surface area contributed by atoms with E-state index in [1.165, 1.54) is 76.1 Å². The van der Waals surface area contributed by atoms with E-state index in [9.17, 15) is 0 Å². The van der Waals surface area contributed by atoms with Crippen molar-refractivity contribution in [1.82, 2.24) is 9.97 Å². The van der Waals surface area contributed by atoms with Gasteiger partial charge in [-0.1, -0.05) is 62.2 Å². The average Bonchev–Trinajstić information content (AvgIpc) is 3.19. The highest BCUT2D eigenvalue weighted by Crippen LogP contribution is 2.34. The maximum Gasteiger partial charge on any atom is 0.0725 e. The van der Waals surface area contributed by atoms with Crippen LogP contribution in [0.2, 0.25) is 0 Å². The fourth-order valence-corrected chi connectivity index (χ4v) is 4.76. The first kappa shape index (κ1) is 18.1. The van der Waals surface area contributed by atoms with Gasteiger partial charge in [-0.15, -0.1) is 0 Å². The third-order valence-electron chi connectivity index (χ3n) is 5.28. The lowest BCUT2D eigenvalue weighted by Gasteiger charge is -2.11. The minimum Gasteiger partial charge on any atom is -0.353 e. The van der Waals surface area contributed by atoms with Crippen LogP contribution in [0.15, 0.2) is 36.4 Å². The summed E-state index contributed by atoms with van der Waals surface area (Å²) < 4.78 is 0. The van der Waals surface area contributed by atoms with Gasteiger partial charge in [0.05, 0.1) is 16.6 Å². The molecule has 0 spiro atoms. The molecule has 4 heteroatoms. The Bertz CT molecular complexity index is 1030. The highest BCUT2D eigenvalue weighted by atomic mass is 79.9. The van der Waals surface area contributed by atoms with Gasteiger partial charge in [0, 0.05) is 26.9 Å². The number of aromatic nitrogens is 2. The Morgan fingerprint density at radius 3 is 2.19 bits per heavy atom. The molecule has 0 aliphatic heterocycles. The largest absolute Gasteiger partial charge is 0.353 e. The number of aryl methyl sites for hydroxylation is 2. The number of para-hydroxylation sites is 1. The molecule has 0 fully saturated rings. The molecule has 136 valence electrons. The predicted molar refractivity (Wildman–Crippen MR) is 121 cm³/mol. The van der Waals surface area contributed by atoms with E-state index < -0.39 is 0 Å². The molecule has 0 aliphatic carbocycles. The number of hydrogen-bond donors (Lipinski definition) is 2. The van der Waals surface area contributed by atoms with Crippen molar-refractivity contribution < 1.29 is 0 Å². The van der Waals surface area contributed by atoms with Crippen molar-refractivity contribution >= 4 is 64.7 Å². The Kier molecular flexibility index (Phi) is 5.70. The smallest absolute Gasteiger partial charge is 0.0725 e. The first-order chi connectivity index (χ1) is 12.8. The highest BCUT2D eigenvalue weighted by molar-refractivity contribution is 9.09. The molecule has 4 rings (SSSR count). The number of alkyl halides is 2. The number of benzene rings is 2. The van der Waals surface area contributed by atoms with Crippen LogP contribution in [0.1, 0.15) is 36.8 Å². The van der Waals surface area contributed by atoms with Gasteiger partial charge in [-0.3, -0.25) is 0 Å². The van der Waals surface area contributed by atoms with Crippen LogP contribution in [0.25, 0.3) is 32.8 Å². The molecule has 0 saturated heterocycles. The van der Waals surface area contributed by atoms with Gasteiger partial charge in [0.25, 0.3) is 0 Å². The number of halogens is 2. The molecule has 0 unspecified atom stereocenters. The monoisotopic (exact) mass is 474 g/mol. The van der Waals surface area contributed by atoms with E-state index in [0.29, 0.717) is 0 Å². The topological polar surface area (TPSA) is 31.6 Å². The van der Waals surface area contributed by atoms with Gasteiger partial charge >= 0.3 is 0 Å². The van der Waals surface area contributed by atoms with Crippen molar-refractivity contribution in [3.8, 4) is 0 Å². The van der Waals surface area contributed by atoms with Gasteiger partial charge < -0.3 is 9.97 Å². The second-order valence-electron chi connectivity index (χ2n) is 6.96. The Morgan fingerprint density at radius 1 is 0.654 bits per heavy atom. The number of unbranched alkanes of at least 4 members (excludes halogenated alkanes) is 2. The molecular weight excluding hydrogens is 452 g/mol. The third kappa shape index (κ3) is 3.34. The van der Waals surface area contributed by atoms with E-state index in [1.807, 2.05) is 0 Å². The van der Waals surface area contributed by atoms with Crippen LogP contribution in [-0.2, 0) is 12.8 Å². The van der Waals surface area contributed by atoms with Gasteiger partial charge in [0.2, 0.25) is 0 Å². The van der Waals surface area contributed by atoms with Crippen LogP contribution in [0.3, 0.4) is 0 Å². The third-order valence-corrected chi connectivity index (χ3v) is 6.40. The Balaban J connectivity index is 1.84. The van der Waals surface area contributed by atoms with E-state index in [1.54, 1.807) is 0 Å². The maximum atomic E-state index is 3.78. The first-order valence-electron chi connectivity index (χ1n) is 9.48. The lowest BCUT2D eigenvalue weighted by atomic mass is 9.95. The number of aromatic amines is 2. The summed E-state index contributed by atoms with van der Waals surface area (Å²) in [5, 5.41) is 4.78. The van der Waals surface area contributed by atoms with E-state index >= 15 is 0 Å². The zero-order chi connectivity index (χ0) is 17.9. The summed E-state index contributed by atoms with van der Waals surface area (Å²) in [6.07, 6.45) is 7.23. The van der Waals surface area contributed by atoms with E-state index in [-0.39, 0.29) is 0 Å². The minimum absolute atomic E-state index is 1.08. The van der Waals surface area contributed by atoms with Crippen molar-refractivity contribution in [3.05, 3.63) is 47.5 Å². The highest BCUT2D eigenvalue weighted by Gasteiger charge is 2.15. The molecule has 2 aromatic carbocycles. The number of nitrogens with one attached hydrogen (secondary N) is 2. The van der Waals surface area contributed by atoms with Crippen molar-refractivity contribution in [2.45, 2.75) is 38.5 Å². The van der Waals surface area contributed by atoms with Gasteiger partial charge in [-0.2, -0.15) is 0 Å². The van der Waals surface area contributed by atoms with Gasteiger partial charge in [-0.05, 0) is 55.7 Å². The fourth-order valence-electron chi connectivity index (χ4n) is 3.97. The van der Waals surface area contributed by atoms with Crippen LogP contribution in [0.5, 0.6) is 0 Å². The molecule has 0 saturated carbocycles. The molecule has 0 aliphatic rings. The lowest BCUT2D eigenvalue weighted by molar-refractivity contribution is 0.770. The van der Waals surface area contributed by atoms with Crippen LogP contribution in [-0.4, -0.2) is 20.6 Å². The summed E-state index contributed by atoms with van der Waals surface area (Å²) in [5.74, 6) is 0. The predicted octanol–water partition coefficient (Wildman–Crippen LogP) is 7.24. The molecule has 2 aromatic heterocycles. The Morgan fingerprint density at radius 2 is 1.38 bits per heavy atom. The molecule has 2 heterocycles. The van der Waals surface area contributed by atoms with Gasteiger partial charge in [0.15, 0.2) is 0 Å². The molecule has 2 N–H and O–H groups in total. The molecule has 0 atom stereocenters. The van der Waals surface area contributed by atoms with Crippen molar-refractivity contribution in [2.24, 2.45) is 0 Å². The summed E-state index contributed by atoms with van der Waals surface area (Å²) in [6.45, 7) is 0. The number of H-pyrrole nitrogens is 2. The maximum absolute atomic E-state index is 3.78. The number of hydrogen-bond acceptors (Lipinski definition) is 0. The normalized spacial score (nSPS) is 11.9. The Hall–Kier alpha value is -1.26. The Labute approximate surface area is 171 Å². The van der Waals surface area contributed by atoms with Crippen LogP contribution in [0, 0.1) is 0 Å². The summed E-state index contributed by atoms with van der Waals surface area (Å²) in [5.41, 5.74) is 8.07. The van der Waals surface area contributed by atoms with Crippen molar-refractivity contribution in [2.75, 3.05) is 10.7 Å². The second-order valence-corrected chi connectivity index (χ2v) is 8.55. The number of rotatable bonds is 8. The zero-order valence-corrected chi connectivity index (χ0v) is 18.0. The number of fused-ring (bicyclic) bond motifs is 5. The van der Waals surface area contributed by atoms with Gasteiger partial charge in [0.1, 0.15) is 0 Å². The van der Waals surface area contributed by atoms with E-state index in [4.69, 9.17) is 0 Å². The SMILES string of the molecule is BrCCCCc1ccc2c([nH]c3c4ccccc4[nH]c23)c1CCCCBr. The quantitative estimate of drug-likeness (QED) is 0.199. The fraction of sp³-hybridized carbons (Fsp3) is 0.364. The van der Waals surface area contributed by atoms with Crippen LogP contribution < -0.4 is 0 Å². The summed E-state index contributed by atoms with van der Waals surface area (Å²) >= 11 is 7.13. The zero-order valence-electron chi connectivity index (χ0n) is 14.9. The minimum atomic E-state index is 1.08. The molecule has 2 nitrogen and oxygen atoms in total. The molecule has 26 heavy (non-hydrogen) atoms. The summed E-state index contributed by atoms with van der Waals surface area (Å²) in [4.78, 5) is 7.40. The average molecular weight is 476 g/mol. The second kappa shape index (κ2) is 8.18. The molecule has 0 amide bonds. The molecular formula is C22H24Br2N2.